The van der Waals surface area contributed by atoms with Crippen LogP contribution in [0.15, 0.2) is 98.7 Å². The maximum atomic E-state index is 13.9. The van der Waals surface area contributed by atoms with E-state index in [1.807, 2.05) is 37.3 Å². The maximum Gasteiger partial charge on any atom is 0.339 e. The monoisotopic (exact) mass is 608 g/mol. The number of halogens is 1. The quantitative estimate of drug-likeness (QED) is 0.226. The molecule has 0 radical (unpaired) electrons. The van der Waals surface area contributed by atoms with Gasteiger partial charge in [0.15, 0.2) is 4.80 Å². The first-order chi connectivity index (χ1) is 19.6. The second-order valence-corrected chi connectivity index (χ2v) is 12.2. The lowest BCUT2D eigenvalue weighted by Crippen LogP contribution is -2.39. The van der Waals surface area contributed by atoms with Crippen molar-refractivity contribution < 1.29 is 22.1 Å². The SMILES string of the molecule is CCOC(=O)C1=C(C)N=c2sc(=Cc3cc(Cl)ccc3OS(=O)(=O)c3ccc(C)cc3)c(=O)n2[C@@H]1c1ccccc1. The summed E-state index contributed by atoms with van der Waals surface area (Å²) < 4.78 is 38.6. The smallest absolute Gasteiger partial charge is 0.339 e. The fourth-order valence-electron chi connectivity index (χ4n) is 4.46. The van der Waals surface area contributed by atoms with Crippen LogP contribution in [0, 0.1) is 6.92 Å². The summed E-state index contributed by atoms with van der Waals surface area (Å²) in [7, 11) is -4.16. The van der Waals surface area contributed by atoms with Crippen molar-refractivity contribution in [2.24, 2.45) is 4.99 Å². The van der Waals surface area contributed by atoms with E-state index in [0.717, 1.165) is 16.9 Å². The predicted octanol–water partition coefficient (Wildman–Crippen LogP) is 4.53. The molecule has 0 aliphatic carbocycles. The molecule has 1 aliphatic heterocycles. The average Bonchev–Trinajstić information content (AvgIpc) is 3.24. The molecule has 1 atom stereocenters. The third-order valence-corrected chi connectivity index (χ3v) is 8.87. The summed E-state index contributed by atoms with van der Waals surface area (Å²) in [6, 6.07) is 19.1. The molecule has 0 fully saturated rings. The maximum absolute atomic E-state index is 13.9. The fourth-order valence-corrected chi connectivity index (χ4v) is 6.63. The number of aromatic nitrogens is 1. The molecule has 41 heavy (non-hydrogen) atoms. The van der Waals surface area contributed by atoms with Crippen molar-refractivity contribution >= 4 is 45.1 Å². The number of rotatable bonds is 7. The molecule has 0 bridgehead atoms. The Bertz CT molecular complexity index is 1960. The third-order valence-electron chi connectivity index (χ3n) is 6.40. The lowest BCUT2D eigenvalue weighted by Gasteiger charge is -2.24. The molecule has 0 unspecified atom stereocenters. The van der Waals surface area contributed by atoms with Crippen LogP contribution in [-0.2, 0) is 19.6 Å². The van der Waals surface area contributed by atoms with Crippen LogP contribution < -0.4 is 19.1 Å². The number of fused-ring (bicyclic) bond motifs is 1. The van der Waals surface area contributed by atoms with E-state index in [1.54, 1.807) is 26.0 Å². The first-order valence-corrected chi connectivity index (χ1v) is 15.2. The summed E-state index contributed by atoms with van der Waals surface area (Å²) in [6.45, 7) is 5.44. The highest BCUT2D eigenvalue weighted by atomic mass is 35.5. The van der Waals surface area contributed by atoms with Gasteiger partial charge in [-0.3, -0.25) is 9.36 Å². The van der Waals surface area contributed by atoms with Crippen LogP contribution in [0.4, 0.5) is 0 Å². The number of carbonyl (C=O) groups is 1. The molecule has 2 heterocycles. The van der Waals surface area contributed by atoms with Crippen molar-refractivity contribution in [1.29, 1.82) is 0 Å². The fraction of sp³-hybridized carbons (Fsp3) is 0.167. The number of ether oxygens (including phenoxy) is 1. The molecule has 0 saturated carbocycles. The molecule has 210 valence electrons. The summed E-state index contributed by atoms with van der Waals surface area (Å²) in [5, 5.41) is 0.326. The molecule has 11 heteroatoms. The van der Waals surface area contributed by atoms with Crippen LogP contribution in [0.2, 0.25) is 5.02 Å². The molecule has 5 rings (SSSR count). The molecule has 3 aromatic carbocycles. The van der Waals surface area contributed by atoms with E-state index in [4.69, 9.17) is 20.5 Å². The van der Waals surface area contributed by atoms with Crippen LogP contribution in [0.25, 0.3) is 6.08 Å². The number of allylic oxidation sites excluding steroid dienone is 1. The van der Waals surface area contributed by atoms with E-state index in [2.05, 4.69) is 4.99 Å². The number of nitrogens with zero attached hydrogens (tertiary/aromatic N) is 2. The highest BCUT2D eigenvalue weighted by Gasteiger charge is 2.33. The molecule has 0 amide bonds. The summed E-state index contributed by atoms with van der Waals surface area (Å²) >= 11 is 7.36. The molecule has 4 aromatic rings. The zero-order valence-electron chi connectivity index (χ0n) is 22.3. The van der Waals surface area contributed by atoms with Gasteiger partial charge in [-0.05, 0) is 62.7 Å². The minimum atomic E-state index is -4.16. The van der Waals surface area contributed by atoms with Crippen LogP contribution in [0.3, 0.4) is 0 Å². The van der Waals surface area contributed by atoms with Gasteiger partial charge in [0.2, 0.25) is 0 Å². The van der Waals surface area contributed by atoms with Crippen LogP contribution in [0.5, 0.6) is 5.75 Å². The highest BCUT2D eigenvalue weighted by molar-refractivity contribution is 7.87. The van der Waals surface area contributed by atoms with E-state index in [0.29, 0.717) is 21.1 Å². The van der Waals surface area contributed by atoms with Crippen molar-refractivity contribution in [2.45, 2.75) is 31.7 Å². The number of aryl methyl sites for hydroxylation is 1. The highest BCUT2D eigenvalue weighted by Crippen LogP contribution is 2.31. The van der Waals surface area contributed by atoms with Crippen molar-refractivity contribution in [2.75, 3.05) is 6.61 Å². The molecule has 1 aliphatic rings. The minimum absolute atomic E-state index is 0.00353. The Hall–Kier alpha value is -3.99. The Morgan fingerprint density at radius 3 is 2.46 bits per heavy atom. The molecule has 0 N–H and O–H groups in total. The van der Waals surface area contributed by atoms with E-state index in [9.17, 15) is 18.0 Å². The van der Waals surface area contributed by atoms with Gasteiger partial charge in [0.1, 0.15) is 10.6 Å². The Morgan fingerprint density at radius 1 is 1.07 bits per heavy atom. The number of hydrogen-bond acceptors (Lipinski definition) is 8. The summed E-state index contributed by atoms with van der Waals surface area (Å²) in [5.74, 6) is -0.549. The first kappa shape index (κ1) is 28.5. The van der Waals surface area contributed by atoms with E-state index < -0.39 is 27.7 Å². The minimum Gasteiger partial charge on any atom is -0.463 e. The molecular weight excluding hydrogens is 584 g/mol. The molecule has 8 nitrogen and oxygen atoms in total. The van der Waals surface area contributed by atoms with E-state index in [1.165, 1.54) is 41.0 Å². The average molecular weight is 609 g/mol. The largest absolute Gasteiger partial charge is 0.463 e. The second-order valence-electron chi connectivity index (χ2n) is 9.25. The molecule has 0 saturated heterocycles. The lowest BCUT2D eigenvalue weighted by atomic mass is 9.96. The van der Waals surface area contributed by atoms with Crippen molar-refractivity contribution in [3.05, 3.63) is 125 Å². The van der Waals surface area contributed by atoms with Gasteiger partial charge in [0.05, 0.1) is 28.5 Å². The standard InChI is InChI=1S/C30H25ClN2O6S2/c1-4-38-29(35)26-19(3)32-30-33(27(26)20-8-6-5-7-9-20)28(34)25(40-30)17-21-16-22(31)12-15-24(21)39-41(36,37)23-13-10-18(2)11-14-23/h5-17,27H,4H2,1-3H3/t27-/m1/s1. The van der Waals surface area contributed by atoms with Gasteiger partial charge in [-0.25, -0.2) is 9.79 Å². The Morgan fingerprint density at radius 2 is 1.78 bits per heavy atom. The van der Waals surface area contributed by atoms with Crippen molar-refractivity contribution in [3.8, 4) is 5.75 Å². The predicted molar refractivity (Wildman–Crippen MR) is 157 cm³/mol. The Kier molecular flexibility index (Phi) is 7.99. The number of hydrogen-bond donors (Lipinski definition) is 0. The van der Waals surface area contributed by atoms with Crippen LogP contribution in [-0.4, -0.2) is 25.6 Å². The van der Waals surface area contributed by atoms with E-state index >= 15 is 0 Å². The van der Waals surface area contributed by atoms with E-state index in [-0.39, 0.29) is 32.9 Å². The van der Waals surface area contributed by atoms with Crippen molar-refractivity contribution in [3.63, 3.8) is 0 Å². The van der Waals surface area contributed by atoms with Gasteiger partial charge >= 0.3 is 16.1 Å². The topological polar surface area (TPSA) is 104 Å². The van der Waals surface area contributed by atoms with Gasteiger partial charge < -0.3 is 8.92 Å². The summed E-state index contributed by atoms with van der Waals surface area (Å²) in [6.07, 6.45) is 1.52. The molecule has 1 aromatic heterocycles. The molecular formula is C30H25ClN2O6S2. The lowest BCUT2D eigenvalue weighted by molar-refractivity contribution is -0.139. The van der Waals surface area contributed by atoms with Crippen LogP contribution >= 0.6 is 22.9 Å². The van der Waals surface area contributed by atoms with Gasteiger partial charge in [-0.1, -0.05) is 71.0 Å². The Balaban J connectivity index is 1.65. The number of esters is 1. The molecule has 0 spiro atoms. The van der Waals surface area contributed by atoms with Gasteiger partial charge in [0.25, 0.3) is 5.56 Å². The van der Waals surface area contributed by atoms with Gasteiger partial charge in [-0.2, -0.15) is 8.42 Å². The first-order valence-electron chi connectivity index (χ1n) is 12.6. The zero-order chi connectivity index (χ0) is 29.3. The Labute approximate surface area is 245 Å². The normalized spacial score (nSPS) is 15.3. The van der Waals surface area contributed by atoms with Crippen LogP contribution in [0.1, 0.15) is 36.6 Å². The number of carbonyl (C=O) groups excluding carboxylic acids is 1. The zero-order valence-corrected chi connectivity index (χ0v) is 24.7. The number of benzene rings is 3. The van der Waals surface area contributed by atoms with Gasteiger partial charge in [-0.15, -0.1) is 0 Å². The number of thiazole rings is 1. The third kappa shape index (κ3) is 5.76. The van der Waals surface area contributed by atoms with Crippen molar-refractivity contribution in [1.82, 2.24) is 4.57 Å². The van der Waals surface area contributed by atoms with Gasteiger partial charge in [0, 0.05) is 10.6 Å². The second kappa shape index (κ2) is 11.5. The summed E-state index contributed by atoms with van der Waals surface area (Å²) in [5.41, 5.74) is 2.21. The summed E-state index contributed by atoms with van der Waals surface area (Å²) in [4.78, 5) is 31.8.